The fourth-order valence-electron chi connectivity index (χ4n) is 2.10. The average molecular weight is 331 g/mol. The molecule has 1 aromatic heterocycles. The summed E-state index contributed by atoms with van der Waals surface area (Å²) < 4.78 is 26.0. The molecule has 9 heteroatoms. The lowest BCUT2D eigenvalue weighted by Gasteiger charge is -2.21. The third kappa shape index (κ3) is 4.29. The molecular weight excluding hydrogens is 313 g/mol. The van der Waals surface area contributed by atoms with Crippen molar-refractivity contribution in [3.8, 4) is 0 Å². The van der Waals surface area contributed by atoms with Gasteiger partial charge in [0.05, 0.1) is 12.6 Å². The highest BCUT2D eigenvalue weighted by Gasteiger charge is 2.26. The van der Waals surface area contributed by atoms with E-state index in [1.807, 2.05) is 0 Å². The van der Waals surface area contributed by atoms with Gasteiger partial charge in [-0.2, -0.15) is 8.78 Å². The summed E-state index contributed by atoms with van der Waals surface area (Å²) in [5.74, 6) is 0.121. The van der Waals surface area contributed by atoms with Gasteiger partial charge in [-0.3, -0.25) is 9.36 Å². The first-order chi connectivity index (χ1) is 8.59. The number of amides is 1. The number of rotatable bonds is 4. The van der Waals surface area contributed by atoms with Gasteiger partial charge in [-0.05, 0) is 19.4 Å². The van der Waals surface area contributed by atoms with Crippen LogP contribution < -0.4 is 5.32 Å². The Morgan fingerprint density at radius 2 is 2.30 bits per heavy atom. The number of carbonyl (C=O) groups is 1. The van der Waals surface area contributed by atoms with Crippen molar-refractivity contribution in [3.63, 3.8) is 0 Å². The molecule has 1 atom stereocenters. The van der Waals surface area contributed by atoms with E-state index in [0.717, 1.165) is 24.0 Å². The third-order valence-corrected chi connectivity index (χ3v) is 3.07. The number of hydrogen-bond acceptors (Lipinski definition) is 3. The highest BCUT2D eigenvalue weighted by atomic mass is 35.5. The minimum atomic E-state index is -2.63. The smallest absolute Gasteiger partial charge is 0.319 e. The molecule has 2 heterocycles. The highest BCUT2D eigenvalue weighted by Crippen LogP contribution is 2.15. The van der Waals surface area contributed by atoms with Gasteiger partial charge in [0.2, 0.25) is 5.91 Å². The molecule has 1 unspecified atom stereocenters. The summed E-state index contributed by atoms with van der Waals surface area (Å²) in [7, 11) is 1.60. The molecule has 0 bridgehead atoms. The predicted molar refractivity (Wildman–Crippen MR) is 75.5 cm³/mol. The molecule has 0 spiro atoms. The molecule has 20 heavy (non-hydrogen) atoms. The van der Waals surface area contributed by atoms with Crippen LogP contribution in [0.4, 0.5) is 8.78 Å². The zero-order valence-electron chi connectivity index (χ0n) is 11.0. The average Bonchev–Trinajstić information content (AvgIpc) is 2.98. The molecule has 0 aromatic carbocycles. The quantitative estimate of drug-likeness (QED) is 0.916. The molecule has 0 aliphatic carbocycles. The lowest BCUT2D eigenvalue weighted by molar-refractivity contribution is -0.132. The van der Waals surface area contributed by atoms with Crippen LogP contribution in [0.1, 0.15) is 25.2 Å². The van der Waals surface area contributed by atoms with Crippen LogP contribution in [-0.4, -0.2) is 40.0 Å². The number of hydrogen-bond donors (Lipinski definition) is 1. The van der Waals surface area contributed by atoms with Crippen LogP contribution in [0.25, 0.3) is 0 Å². The largest absolute Gasteiger partial charge is 0.337 e. The monoisotopic (exact) mass is 330 g/mol. The zero-order chi connectivity index (χ0) is 13.1. The lowest BCUT2D eigenvalue weighted by atomic mass is 10.2. The molecule has 0 radical (unpaired) electrons. The Hall–Kier alpha value is -0.920. The first kappa shape index (κ1) is 19.1. The van der Waals surface area contributed by atoms with E-state index in [-0.39, 0.29) is 49.1 Å². The van der Waals surface area contributed by atoms with Gasteiger partial charge in [0.15, 0.2) is 0 Å². The molecule has 1 amide bonds. The Bertz CT molecular complexity index is 424. The number of halogens is 4. The maximum Gasteiger partial charge on any atom is 0.319 e. The summed E-state index contributed by atoms with van der Waals surface area (Å²) >= 11 is 0. The molecule has 0 saturated carbocycles. The second-order valence-corrected chi connectivity index (χ2v) is 4.37. The van der Waals surface area contributed by atoms with Crippen molar-refractivity contribution in [2.45, 2.75) is 32.0 Å². The Kier molecular flexibility index (Phi) is 8.00. The van der Waals surface area contributed by atoms with Crippen molar-refractivity contribution in [2.24, 2.45) is 0 Å². The number of alkyl halides is 2. The number of carbonyl (C=O) groups excluding carboxylic acids is 1. The summed E-state index contributed by atoms with van der Waals surface area (Å²) in [4.78, 5) is 17.3. The van der Waals surface area contributed by atoms with Gasteiger partial charge >= 0.3 is 6.55 Å². The van der Waals surface area contributed by atoms with Gasteiger partial charge in [-0.15, -0.1) is 24.8 Å². The van der Waals surface area contributed by atoms with Crippen molar-refractivity contribution in [1.29, 1.82) is 0 Å². The number of likely N-dealkylation sites (N-methyl/N-ethyl adjacent to an activating group) is 1. The Morgan fingerprint density at radius 1 is 1.60 bits per heavy atom. The summed E-state index contributed by atoms with van der Waals surface area (Å²) in [5, 5.41) is 3.09. The van der Waals surface area contributed by atoms with E-state index in [4.69, 9.17) is 0 Å². The fraction of sp³-hybridized carbons (Fsp3) is 0.636. The second-order valence-electron chi connectivity index (χ2n) is 4.37. The molecule has 116 valence electrons. The van der Waals surface area contributed by atoms with Gasteiger partial charge in [-0.25, -0.2) is 4.98 Å². The normalized spacial score (nSPS) is 17.5. The molecular formula is C11H18Cl2F2N4O. The van der Waals surface area contributed by atoms with E-state index in [1.54, 1.807) is 7.05 Å². The molecule has 1 aromatic rings. The van der Waals surface area contributed by atoms with Crippen LogP contribution in [0.2, 0.25) is 0 Å². The molecule has 1 N–H and O–H groups in total. The molecule has 1 saturated heterocycles. The van der Waals surface area contributed by atoms with Crippen molar-refractivity contribution in [2.75, 3.05) is 13.6 Å². The Balaban J connectivity index is 0.00000180. The summed E-state index contributed by atoms with van der Waals surface area (Å²) in [5.41, 5.74) is 0. The van der Waals surface area contributed by atoms with Crippen LogP contribution in [0.3, 0.4) is 0 Å². The van der Waals surface area contributed by atoms with Gasteiger partial charge in [0, 0.05) is 19.4 Å². The van der Waals surface area contributed by atoms with Crippen LogP contribution in [0.15, 0.2) is 12.4 Å². The van der Waals surface area contributed by atoms with Crippen molar-refractivity contribution in [3.05, 3.63) is 18.2 Å². The second kappa shape index (κ2) is 8.39. The maximum absolute atomic E-state index is 12.6. The zero-order valence-corrected chi connectivity index (χ0v) is 12.6. The molecule has 1 aliphatic heterocycles. The predicted octanol–water partition coefficient (Wildman–Crippen LogP) is 1.83. The van der Waals surface area contributed by atoms with Crippen LogP contribution in [0, 0.1) is 0 Å². The van der Waals surface area contributed by atoms with E-state index in [1.165, 1.54) is 17.3 Å². The van der Waals surface area contributed by atoms with Crippen LogP contribution in [-0.2, 0) is 11.3 Å². The summed E-state index contributed by atoms with van der Waals surface area (Å²) in [6.07, 6.45) is 4.29. The minimum Gasteiger partial charge on any atom is -0.337 e. The topological polar surface area (TPSA) is 50.2 Å². The van der Waals surface area contributed by atoms with E-state index < -0.39 is 6.55 Å². The maximum atomic E-state index is 12.6. The summed E-state index contributed by atoms with van der Waals surface area (Å²) in [6.45, 7) is -1.71. The number of nitrogens with zero attached hydrogens (tertiary/aromatic N) is 3. The molecule has 1 fully saturated rings. The standard InChI is InChI=1S/C11H16F2N4O.2ClH/c1-16(10(18)8-3-2-4-14-8)7-9-15-5-6-17(9)11(12)13;;/h5-6,8,11,14H,2-4,7H2,1H3;2*1H. The molecule has 2 rings (SSSR count). The van der Waals surface area contributed by atoms with Gasteiger partial charge in [0.1, 0.15) is 5.82 Å². The van der Waals surface area contributed by atoms with Gasteiger partial charge < -0.3 is 10.2 Å². The number of imidazole rings is 1. The SMILES string of the molecule is CN(Cc1nccn1C(F)F)C(=O)C1CCCN1.Cl.Cl. The van der Waals surface area contributed by atoms with E-state index in [9.17, 15) is 13.6 Å². The molecule has 1 aliphatic rings. The highest BCUT2D eigenvalue weighted by molar-refractivity contribution is 5.85. The van der Waals surface area contributed by atoms with Crippen molar-refractivity contribution >= 4 is 30.7 Å². The third-order valence-electron chi connectivity index (χ3n) is 3.07. The summed E-state index contributed by atoms with van der Waals surface area (Å²) in [6, 6.07) is -0.190. The Morgan fingerprint density at radius 3 is 2.85 bits per heavy atom. The minimum absolute atomic E-state index is 0. The van der Waals surface area contributed by atoms with Crippen molar-refractivity contribution in [1.82, 2.24) is 19.8 Å². The van der Waals surface area contributed by atoms with Gasteiger partial charge in [-0.1, -0.05) is 0 Å². The molecule has 5 nitrogen and oxygen atoms in total. The van der Waals surface area contributed by atoms with E-state index in [0.29, 0.717) is 0 Å². The first-order valence-electron chi connectivity index (χ1n) is 5.88. The lowest BCUT2D eigenvalue weighted by Crippen LogP contribution is -2.41. The van der Waals surface area contributed by atoms with Crippen LogP contribution >= 0.6 is 24.8 Å². The first-order valence-corrected chi connectivity index (χ1v) is 5.88. The van der Waals surface area contributed by atoms with E-state index >= 15 is 0 Å². The number of aromatic nitrogens is 2. The van der Waals surface area contributed by atoms with Crippen molar-refractivity contribution < 1.29 is 13.6 Å². The fourth-order valence-corrected chi connectivity index (χ4v) is 2.10. The Labute approximate surface area is 128 Å². The van der Waals surface area contributed by atoms with Crippen LogP contribution in [0.5, 0.6) is 0 Å². The van der Waals surface area contributed by atoms with E-state index in [2.05, 4.69) is 10.3 Å². The number of nitrogens with one attached hydrogen (secondary N) is 1. The van der Waals surface area contributed by atoms with Gasteiger partial charge in [0.25, 0.3) is 0 Å².